The van der Waals surface area contributed by atoms with E-state index in [9.17, 15) is 18.5 Å². The average Bonchev–Trinajstić information content (AvgIpc) is 2.16. The monoisotopic (exact) mass is 240 g/mol. The number of nitro groups is 1. The number of benzene rings is 1. The summed E-state index contributed by atoms with van der Waals surface area (Å²) in [5.74, 6) is -0.767. The Bertz CT molecular complexity index is 572. The molecule has 0 radical (unpaired) electrons. The number of nitriles is 1. The van der Waals surface area contributed by atoms with Crippen LogP contribution in [0.15, 0.2) is 23.1 Å². The number of sulfone groups is 1. The van der Waals surface area contributed by atoms with Crippen molar-refractivity contribution in [3.63, 3.8) is 0 Å². The van der Waals surface area contributed by atoms with E-state index in [0.29, 0.717) is 5.56 Å². The van der Waals surface area contributed by atoms with Crippen LogP contribution in [0.1, 0.15) is 5.56 Å². The highest BCUT2D eigenvalue weighted by Crippen LogP contribution is 2.25. The summed E-state index contributed by atoms with van der Waals surface area (Å²) >= 11 is 0. The Kier molecular flexibility index (Phi) is 3.25. The minimum atomic E-state index is -3.91. The molecule has 1 rings (SSSR count). The molecule has 1 aromatic rings. The van der Waals surface area contributed by atoms with E-state index >= 15 is 0 Å². The van der Waals surface area contributed by atoms with Gasteiger partial charge in [-0.15, -0.1) is 0 Å². The second-order valence-corrected chi connectivity index (χ2v) is 5.10. The van der Waals surface area contributed by atoms with Gasteiger partial charge in [-0.3, -0.25) is 10.1 Å². The molecule has 0 saturated heterocycles. The van der Waals surface area contributed by atoms with Crippen LogP contribution in [0.5, 0.6) is 0 Å². The van der Waals surface area contributed by atoms with E-state index < -0.39 is 31.1 Å². The fourth-order valence-corrected chi connectivity index (χ4v) is 2.25. The number of nitrogens with zero attached hydrogens (tertiary/aromatic N) is 2. The summed E-state index contributed by atoms with van der Waals surface area (Å²) in [5.41, 5.74) is 0.0952. The van der Waals surface area contributed by atoms with Crippen molar-refractivity contribution in [2.45, 2.75) is 11.8 Å². The Morgan fingerprint density at radius 3 is 2.62 bits per heavy atom. The summed E-state index contributed by atoms with van der Waals surface area (Å²) in [6.07, 6.45) is 0. The largest absolute Gasteiger partial charge is 0.288 e. The third-order valence-electron chi connectivity index (χ3n) is 1.90. The predicted octanol–water partition coefficient (Wildman–Crippen LogP) is 1.20. The summed E-state index contributed by atoms with van der Waals surface area (Å²) in [5, 5.41) is 19.0. The SMILES string of the molecule is Cc1ccc(S(=O)(=O)CC#N)c([N+](=O)[O-])c1. The summed E-state index contributed by atoms with van der Waals surface area (Å²) in [6, 6.07) is 5.26. The molecule has 84 valence electrons. The van der Waals surface area contributed by atoms with E-state index in [1.54, 1.807) is 6.92 Å². The van der Waals surface area contributed by atoms with E-state index in [1.807, 2.05) is 0 Å². The molecule has 16 heavy (non-hydrogen) atoms. The van der Waals surface area contributed by atoms with Gasteiger partial charge in [-0.1, -0.05) is 6.07 Å². The van der Waals surface area contributed by atoms with Crippen LogP contribution in [0.4, 0.5) is 5.69 Å². The average molecular weight is 240 g/mol. The van der Waals surface area contributed by atoms with Gasteiger partial charge in [-0.25, -0.2) is 8.42 Å². The van der Waals surface area contributed by atoms with Gasteiger partial charge < -0.3 is 0 Å². The lowest BCUT2D eigenvalue weighted by molar-refractivity contribution is -0.387. The van der Waals surface area contributed by atoms with Gasteiger partial charge in [-0.2, -0.15) is 5.26 Å². The second-order valence-electron chi connectivity index (χ2n) is 3.15. The van der Waals surface area contributed by atoms with Crippen molar-refractivity contribution in [3.05, 3.63) is 33.9 Å². The lowest BCUT2D eigenvalue weighted by Crippen LogP contribution is -2.08. The standard InChI is InChI=1S/C9H8N2O4S/c1-7-2-3-9(8(6-7)11(12)13)16(14,15)5-4-10/h2-3,6H,5H2,1H3. The van der Waals surface area contributed by atoms with Gasteiger partial charge in [0.1, 0.15) is 10.6 Å². The van der Waals surface area contributed by atoms with Crippen molar-refractivity contribution in [1.29, 1.82) is 5.26 Å². The van der Waals surface area contributed by atoms with Gasteiger partial charge in [0.2, 0.25) is 0 Å². The van der Waals surface area contributed by atoms with E-state index in [2.05, 4.69) is 0 Å². The van der Waals surface area contributed by atoms with Crippen LogP contribution in [0.2, 0.25) is 0 Å². The minimum absolute atomic E-state index is 0.412. The zero-order valence-corrected chi connectivity index (χ0v) is 9.19. The number of nitro benzene ring substituents is 1. The molecule has 0 atom stereocenters. The summed E-state index contributed by atoms with van der Waals surface area (Å²) in [7, 11) is -3.91. The second kappa shape index (κ2) is 4.28. The molecule has 0 aliphatic rings. The maximum Gasteiger partial charge on any atom is 0.288 e. The van der Waals surface area contributed by atoms with Crippen molar-refractivity contribution >= 4 is 15.5 Å². The highest BCUT2D eigenvalue weighted by atomic mass is 32.2. The Balaban J connectivity index is 3.47. The molecule has 0 unspecified atom stereocenters. The molecule has 1 aromatic carbocycles. The first-order valence-corrected chi connectivity index (χ1v) is 5.88. The molecule has 0 heterocycles. The molecule has 0 N–H and O–H groups in total. The van der Waals surface area contributed by atoms with Crippen LogP contribution in [-0.2, 0) is 9.84 Å². The van der Waals surface area contributed by atoms with E-state index in [1.165, 1.54) is 18.2 Å². The first-order chi connectivity index (χ1) is 7.38. The van der Waals surface area contributed by atoms with Gasteiger partial charge >= 0.3 is 0 Å². The van der Waals surface area contributed by atoms with Gasteiger partial charge in [-0.05, 0) is 18.6 Å². The molecule has 0 saturated carbocycles. The van der Waals surface area contributed by atoms with Crippen LogP contribution < -0.4 is 0 Å². The Morgan fingerprint density at radius 1 is 1.50 bits per heavy atom. The first kappa shape index (κ1) is 12.1. The van der Waals surface area contributed by atoms with Crippen molar-refractivity contribution in [1.82, 2.24) is 0 Å². The van der Waals surface area contributed by atoms with Crippen LogP contribution in [0, 0.1) is 28.4 Å². The third-order valence-corrected chi connectivity index (χ3v) is 3.43. The van der Waals surface area contributed by atoms with Gasteiger partial charge in [0.15, 0.2) is 9.84 Å². The summed E-state index contributed by atoms with van der Waals surface area (Å²) in [4.78, 5) is 9.50. The first-order valence-electron chi connectivity index (χ1n) is 4.23. The summed E-state index contributed by atoms with van der Waals surface area (Å²) < 4.78 is 23.1. The van der Waals surface area contributed by atoms with E-state index in [4.69, 9.17) is 5.26 Å². The van der Waals surface area contributed by atoms with Gasteiger partial charge in [0.25, 0.3) is 5.69 Å². The number of rotatable bonds is 3. The van der Waals surface area contributed by atoms with Crippen molar-refractivity contribution in [2.75, 3.05) is 5.75 Å². The topological polar surface area (TPSA) is 101 Å². The Morgan fingerprint density at radius 2 is 2.12 bits per heavy atom. The fourth-order valence-electron chi connectivity index (χ4n) is 1.20. The van der Waals surface area contributed by atoms with Gasteiger partial charge in [0.05, 0.1) is 11.0 Å². The van der Waals surface area contributed by atoms with E-state index in [-0.39, 0.29) is 0 Å². The normalized spacial score (nSPS) is 10.8. The molecule has 0 bridgehead atoms. The molecule has 0 aromatic heterocycles. The van der Waals surface area contributed by atoms with Crippen LogP contribution in [-0.4, -0.2) is 19.1 Å². The maximum atomic E-state index is 11.5. The molecule has 0 fully saturated rings. The molecular weight excluding hydrogens is 232 g/mol. The molecular formula is C9H8N2O4S. The Labute approximate surface area is 92.2 Å². The smallest absolute Gasteiger partial charge is 0.258 e. The van der Waals surface area contributed by atoms with Crippen molar-refractivity contribution < 1.29 is 13.3 Å². The number of hydrogen-bond donors (Lipinski definition) is 0. The number of aryl methyl sites for hydroxylation is 1. The highest BCUT2D eigenvalue weighted by molar-refractivity contribution is 7.91. The lowest BCUT2D eigenvalue weighted by atomic mass is 10.2. The molecule has 0 amide bonds. The zero-order valence-electron chi connectivity index (χ0n) is 8.37. The molecule has 0 spiro atoms. The lowest BCUT2D eigenvalue weighted by Gasteiger charge is -2.02. The van der Waals surface area contributed by atoms with Crippen LogP contribution in [0.25, 0.3) is 0 Å². The van der Waals surface area contributed by atoms with Gasteiger partial charge in [0, 0.05) is 6.07 Å². The number of hydrogen-bond acceptors (Lipinski definition) is 5. The quantitative estimate of drug-likeness (QED) is 0.583. The molecule has 0 aliphatic carbocycles. The molecule has 0 aliphatic heterocycles. The van der Waals surface area contributed by atoms with Crippen LogP contribution >= 0.6 is 0 Å². The fraction of sp³-hybridized carbons (Fsp3) is 0.222. The summed E-state index contributed by atoms with van der Waals surface area (Å²) in [6.45, 7) is 1.62. The zero-order chi connectivity index (χ0) is 12.3. The van der Waals surface area contributed by atoms with Crippen LogP contribution in [0.3, 0.4) is 0 Å². The maximum absolute atomic E-state index is 11.5. The van der Waals surface area contributed by atoms with Crippen molar-refractivity contribution in [3.8, 4) is 6.07 Å². The molecule has 6 nitrogen and oxygen atoms in total. The highest BCUT2D eigenvalue weighted by Gasteiger charge is 2.25. The minimum Gasteiger partial charge on any atom is -0.258 e. The Hall–Kier alpha value is -1.94. The van der Waals surface area contributed by atoms with Crippen molar-refractivity contribution in [2.24, 2.45) is 0 Å². The molecule has 7 heteroatoms. The predicted molar refractivity (Wildman–Crippen MR) is 55.5 cm³/mol. The third kappa shape index (κ3) is 2.35. The van der Waals surface area contributed by atoms with E-state index in [0.717, 1.165) is 6.07 Å².